The van der Waals surface area contributed by atoms with Gasteiger partial charge in [0.05, 0.1) is 23.3 Å². The molecule has 26 heavy (non-hydrogen) atoms. The van der Waals surface area contributed by atoms with Crippen LogP contribution in [0.25, 0.3) is 0 Å². The predicted octanol–water partition coefficient (Wildman–Crippen LogP) is 1.88. The van der Waals surface area contributed by atoms with E-state index in [-0.39, 0.29) is 30.9 Å². The number of anilines is 1. The Bertz CT molecular complexity index is 842. The standard InChI is InChI=1S/C17H18N4O4S/c1-10-19-20-16(26-10)18-13(22)8-25-9-17(2,3)21-14(23)11-6-4-5-7-12(11)15(21)24/h4-7H,8-9H2,1-3H3,(H,18,20,22). The molecule has 2 heterocycles. The Morgan fingerprint density at radius 2 is 1.81 bits per heavy atom. The lowest BCUT2D eigenvalue weighted by molar-refractivity contribution is -0.121. The smallest absolute Gasteiger partial charge is 0.262 e. The molecule has 0 bridgehead atoms. The largest absolute Gasteiger partial charge is 0.369 e. The van der Waals surface area contributed by atoms with Crippen molar-refractivity contribution >= 4 is 34.2 Å². The van der Waals surface area contributed by atoms with Crippen molar-refractivity contribution in [2.75, 3.05) is 18.5 Å². The molecule has 0 atom stereocenters. The van der Waals surface area contributed by atoms with Crippen LogP contribution in [0.5, 0.6) is 0 Å². The lowest BCUT2D eigenvalue weighted by Gasteiger charge is -2.33. The van der Waals surface area contributed by atoms with E-state index in [0.717, 1.165) is 5.01 Å². The molecular formula is C17H18N4O4S. The molecule has 136 valence electrons. The molecule has 8 nitrogen and oxygen atoms in total. The van der Waals surface area contributed by atoms with Crippen molar-refractivity contribution < 1.29 is 19.1 Å². The fourth-order valence-corrected chi connectivity index (χ4v) is 3.31. The minimum Gasteiger partial charge on any atom is -0.369 e. The molecule has 0 saturated heterocycles. The van der Waals surface area contributed by atoms with E-state index in [1.54, 1.807) is 45.0 Å². The Balaban J connectivity index is 1.58. The average molecular weight is 374 g/mol. The maximum atomic E-state index is 12.6. The highest BCUT2D eigenvalue weighted by atomic mass is 32.1. The van der Waals surface area contributed by atoms with E-state index in [4.69, 9.17) is 4.74 Å². The number of aromatic nitrogens is 2. The highest BCUT2D eigenvalue weighted by Gasteiger charge is 2.44. The van der Waals surface area contributed by atoms with Gasteiger partial charge in [0.2, 0.25) is 5.13 Å². The van der Waals surface area contributed by atoms with E-state index in [2.05, 4.69) is 15.5 Å². The van der Waals surface area contributed by atoms with Gasteiger partial charge in [0.1, 0.15) is 11.6 Å². The number of aryl methyl sites for hydroxylation is 1. The lowest BCUT2D eigenvalue weighted by atomic mass is 10.0. The molecule has 0 radical (unpaired) electrons. The van der Waals surface area contributed by atoms with Gasteiger partial charge in [-0.25, -0.2) is 0 Å². The molecule has 0 unspecified atom stereocenters. The van der Waals surface area contributed by atoms with Gasteiger partial charge in [-0.3, -0.25) is 24.6 Å². The Morgan fingerprint density at radius 1 is 1.19 bits per heavy atom. The zero-order valence-electron chi connectivity index (χ0n) is 14.6. The predicted molar refractivity (Wildman–Crippen MR) is 95.1 cm³/mol. The van der Waals surface area contributed by atoms with Gasteiger partial charge in [-0.15, -0.1) is 10.2 Å². The van der Waals surface area contributed by atoms with Crippen LogP contribution >= 0.6 is 11.3 Å². The van der Waals surface area contributed by atoms with Gasteiger partial charge in [0.25, 0.3) is 17.7 Å². The van der Waals surface area contributed by atoms with Crippen molar-refractivity contribution in [2.24, 2.45) is 0 Å². The normalized spacial score (nSPS) is 13.9. The highest BCUT2D eigenvalue weighted by Crippen LogP contribution is 2.29. The summed E-state index contributed by atoms with van der Waals surface area (Å²) in [5, 5.41) is 11.3. The second-order valence-electron chi connectivity index (χ2n) is 6.47. The van der Waals surface area contributed by atoms with E-state index >= 15 is 0 Å². The topological polar surface area (TPSA) is 101 Å². The highest BCUT2D eigenvalue weighted by molar-refractivity contribution is 7.15. The number of hydrogen-bond donors (Lipinski definition) is 1. The van der Waals surface area contributed by atoms with Crippen LogP contribution in [0.3, 0.4) is 0 Å². The monoisotopic (exact) mass is 374 g/mol. The number of fused-ring (bicyclic) bond motifs is 1. The molecule has 0 fully saturated rings. The maximum absolute atomic E-state index is 12.6. The molecule has 2 aromatic rings. The van der Waals surface area contributed by atoms with Crippen LogP contribution in [0.2, 0.25) is 0 Å². The molecule has 3 rings (SSSR count). The van der Waals surface area contributed by atoms with Crippen LogP contribution in [0.15, 0.2) is 24.3 Å². The zero-order valence-corrected chi connectivity index (χ0v) is 15.4. The molecule has 1 aromatic carbocycles. The Morgan fingerprint density at radius 3 is 2.35 bits per heavy atom. The first kappa shape index (κ1) is 18.2. The van der Waals surface area contributed by atoms with Crippen LogP contribution in [-0.4, -0.2) is 51.6 Å². The van der Waals surface area contributed by atoms with Gasteiger partial charge < -0.3 is 4.74 Å². The molecule has 1 aliphatic heterocycles. The average Bonchev–Trinajstić information content (AvgIpc) is 3.09. The second-order valence-corrected chi connectivity index (χ2v) is 7.65. The van der Waals surface area contributed by atoms with Crippen molar-refractivity contribution in [3.8, 4) is 0 Å². The molecule has 1 aliphatic rings. The number of carbonyl (C=O) groups excluding carboxylic acids is 3. The van der Waals surface area contributed by atoms with E-state index in [1.807, 2.05) is 0 Å². The molecule has 0 spiro atoms. The summed E-state index contributed by atoms with van der Waals surface area (Å²) in [7, 11) is 0. The van der Waals surface area contributed by atoms with Crippen LogP contribution in [0, 0.1) is 6.92 Å². The molecule has 3 amide bonds. The summed E-state index contributed by atoms with van der Waals surface area (Å²) in [4.78, 5) is 38.2. The van der Waals surface area contributed by atoms with Gasteiger partial charge >= 0.3 is 0 Å². The number of ether oxygens (including phenoxy) is 1. The molecule has 1 N–H and O–H groups in total. The van der Waals surface area contributed by atoms with E-state index < -0.39 is 5.54 Å². The first-order valence-corrected chi connectivity index (χ1v) is 8.77. The van der Waals surface area contributed by atoms with Gasteiger partial charge in [0, 0.05) is 0 Å². The molecule has 0 aliphatic carbocycles. The van der Waals surface area contributed by atoms with Crippen molar-refractivity contribution in [2.45, 2.75) is 26.3 Å². The first-order valence-electron chi connectivity index (χ1n) is 7.95. The van der Waals surface area contributed by atoms with Gasteiger partial charge in [0.15, 0.2) is 0 Å². The molecule has 9 heteroatoms. The van der Waals surface area contributed by atoms with Crippen LogP contribution in [-0.2, 0) is 9.53 Å². The zero-order chi connectivity index (χ0) is 18.9. The van der Waals surface area contributed by atoms with Crippen molar-refractivity contribution in [3.63, 3.8) is 0 Å². The number of nitrogens with one attached hydrogen (secondary N) is 1. The fourth-order valence-electron chi connectivity index (χ4n) is 2.70. The van der Waals surface area contributed by atoms with E-state index in [0.29, 0.717) is 16.3 Å². The number of hydrogen-bond acceptors (Lipinski definition) is 7. The summed E-state index contributed by atoms with van der Waals surface area (Å²) in [6.45, 7) is 5.04. The third kappa shape index (κ3) is 3.49. The minimum absolute atomic E-state index is 0.0288. The fraction of sp³-hybridized carbons (Fsp3) is 0.353. The summed E-state index contributed by atoms with van der Waals surface area (Å²) in [6, 6.07) is 6.70. The van der Waals surface area contributed by atoms with Gasteiger partial charge in [-0.2, -0.15) is 0 Å². The lowest BCUT2D eigenvalue weighted by Crippen LogP contribution is -2.50. The van der Waals surface area contributed by atoms with Crippen LogP contribution < -0.4 is 5.32 Å². The summed E-state index contributed by atoms with van der Waals surface area (Å²) in [5.41, 5.74) is -0.128. The SMILES string of the molecule is Cc1nnc(NC(=O)COCC(C)(C)N2C(=O)c3ccccc3C2=O)s1. The van der Waals surface area contributed by atoms with Gasteiger partial charge in [-0.1, -0.05) is 23.5 Å². The number of benzene rings is 1. The third-order valence-corrected chi connectivity index (χ3v) is 4.61. The van der Waals surface area contributed by atoms with Crippen molar-refractivity contribution in [3.05, 3.63) is 40.4 Å². The second kappa shape index (κ2) is 6.93. The molecule has 1 aromatic heterocycles. The van der Waals surface area contributed by atoms with E-state index in [1.165, 1.54) is 16.2 Å². The Hall–Kier alpha value is -2.65. The minimum atomic E-state index is -0.896. The number of rotatable bonds is 6. The summed E-state index contributed by atoms with van der Waals surface area (Å²) in [5.74, 6) is -1.08. The Labute approximate surface area is 154 Å². The number of amides is 3. The van der Waals surface area contributed by atoms with Crippen LogP contribution in [0.1, 0.15) is 39.6 Å². The third-order valence-electron chi connectivity index (χ3n) is 3.86. The number of nitrogens with zero attached hydrogens (tertiary/aromatic N) is 3. The quantitative estimate of drug-likeness (QED) is 0.775. The summed E-state index contributed by atoms with van der Waals surface area (Å²) >= 11 is 1.26. The van der Waals surface area contributed by atoms with Gasteiger partial charge in [-0.05, 0) is 32.9 Å². The van der Waals surface area contributed by atoms with Crippen LogP contribution in [0.4, 0.5) is 5.13 Å². The Kier molecular flexibility index (Phi) is 4.84. The first-order chi connectivity index (χ1) is 12.3. The van der Waals surface area contributed by atoms with E-state index in [9.17, 15) is 14.4 Å². The number of imide groups is 1. The summed E-state index contributed by atoms with van der Waals surface area (Å²) in [6.07, 6.45) is 0. The maximum Gasteiger partial charge on any atom is 0.262 e. The number of carbonyl (C=O) groups is 3. The summed E-state index contributed by atoms with van der Waals surface area (Å²) < 4.78 is 5.45. The molecular weight excluding hydrogens is 356 g/mol. The van der Waals surface area contributed by atoms with Crippen molar-refractivity contribution in [1.29, 1.82) is 0 Å². The molecule has 0 saturated carbocycles. The van der Waals surface area contributed by atoms with Crippen molar-refractivity contribution in [1.82, 2.24) is 15.1 Å².